The van der Waals surface area contributed by atoms with E-state index in [9.17, 15) is 20.0 Å². The highest BCUT2D eigenvalue weighted by Crippen LogP contribution is 2.30. The quantitative estimate of drug-likeness (QED) is 0.584. The van der Waals surface area contributed by atoms with Crippen molar-refractivity contribution in [3.63, 3.8) is 0 Å². The molecule has 2 rings (SSSR count). The standard InChI is InChI=1S/C12H18N4O4/c1-9-14-10(16(19)20)7-15(9)6-3-11(17)13-8-12(18)4-2-5-12/h7,18H,2-6,8H2,1H3,(H,13,17). The maximum absolute atomic E-state index is 11.7. The predicted octanol–water partition coefficient (Wildman–Crippen LogP) is 0.521. The van der Waals surface area contributed by atoms with Crippen molar-refractivity contribution in [2.24, 2.45) is 0 Å². The van der Waals surface area contributed by atoms with E-state index in [1.165, 1.54) is 6.20 Å². The lowest BCUT2D eigenvalue weighted by atomic mass is 9.80. The Morgan fingerprint density at radius 2 is 2.35 bits per heavy atom. The van der Waals surface area contributed by atoms with Gasteiger partial charge in [-0.25, -0.2) is 0 Å². The fourth-order valence-corrected chi connectivity index (χ4v) is 2.14. The second-order valence-electron chi connectivity index (χ2n) is 5.20. The van der Waals surface area contributed by atoms with Crippen molar-refractivity contribution >= 4 is 11.7 Å². The van der Waals surface area contributed by atoms with Crippen LogP contribution in [-0.2, 0) is 11.3 Å². The van der Waals surface area contributed by atoms with Crippen LogP contribution in [0, 0.1) is 17.0 Å². The van der Waals surface area contributed by atoms with Crippen LogP contribution in [0.25, 0.3) is 0 Å². The Hall–Kier alpha value is -1.96. The van der Waals surface area contributed by atoms with Crippen LogP contribution in [0.3, 0.4) is 0 Å². The van der Waals surface area contributed by atoms with Gasteiger partial charge in [0.25, 0.3) is 0 Å². The molecule has 1 amide bonds. The third-order valence-corrected chi connectivity index (χ3v) is 3.63. The number of aromatic nitrogens is 2. The van der Waals surface area contributed by atoms with Gasteiger partial charge in [-0.3, -0.25) is 4.79 Å². The maximum atomic E-state index is 11.7. The number of imidazole rings is 1. The van der Waals surface area contributed by atoms with Crippen LogP contribution < -0.4 is 5.32 Å². The summed E-state index contributed by atoms with van der Waals surface area (Å²) in [5.74, 6) is 0.106. The molecule has 1 heterocycles. The summed E-state index contributed by atoms with van der Waals surface area (Å²) in [5, 5.41) is 23.1. The Kier molecular flexibility index (Phi) is 4.03. The number of hydrogen-bond donors (Lipinski definition) is 2. The largest absolute Gasteiger partial charge is 0.388 e. The van der Waals surface area contributed by atoms with Gasteiger partial charge >= 0.3 is 5.82 Å². The summed E-state index contributed by atoms with van der Waals surface area (Å²) in [5.41, 5.74) is -0.737. The lowest BCUT2D eigenvalue weighted by Gasteiger charge is -2.36. The summed E-state index contributed by atoms with van der Waals surface area (Å²) in [4.78, 5) is 25.5. The molecule has 0 spiro atoms. The number of nitrogens with zero attached hydrogens (tertiary/aromatic N) is 3. The highest BCUT2D eigenvalue weighted by molar-refractivity contribution is 5.75. The molecule has 8 nitrogen and oxygen atoms in total. The topological polar surface area (TPSA) is 110 Å². The number of aryl methyl sites for hydroxylation is 2. The van der Waals surface area contributed by atoms with E-state index in [0.717, 1.165) is 19.3 Å². The van der Waals surface area contributed by atoms with E-state index in [0.29, 0.717) is 12.4 Å². The van der Waals surface area contributed by atoms with Crippen LogP contribution in [0.5, 0.6) is 0 Å². The van der Waals surface area contributed by atoms with Crippen LogP contribution in [0.4, 0.5) is 5.82 Å². The molecule has 1 fully saturated rings. The Balaban J connectivity index is 1.79. The summed E-state index contributed by atoms with van der Waals surface area (Å²) in [7, 11) is 0. The predicted molar refractivity (Wildman–Crippen MR) is 70.0 cm³/mol. The maximum Gasteiger partial charge on any atom is 0.381 e. The van der Waals surface area contributed by atoms with Gasteiger partial charge in [0.1, 0.15) is 6.20 Å². The normalized spacial score (nSPS) is 16.5. The van der Waals surface area contributed by atoms with Crippen LogP contribution >= 0.6 is 0 Å². The van der Waals surface area contributed by atoms with E-state index in [4.69, 9.17) is 0 Å². The minimum absolute atomic E-state index is 0.180. The Morgan fingerprint density at radius 1 is 1.65 bits per heavy atom. The zero-order chi connectivity index (χ0) is 14.8. The van der Waals surface area contributed by atoms with Crippen LogP contribution in [-0.4, -0.2) is 37.6 Å². The summed E-state index contributed by atoms with van der Waals surface area (Å²) in [6, 6.07) is 0. The molecular weight excluding hydrogens is 264 g/mol. The van der Waals surface area contributed by atoms with Gasteiger partial charge in [-0.1, -0.05) is 0 Å². The number of aliphatic hydroxyl groups is 1. The van der Waals surface area contributed by atoms with Crippen LogP contribution in [0.15, 0.2) is 6.20 Å². The summed E-state index contributed by atoms with van der Waals surface area (Å²) in [6.45, 7) is 2.26. The molecule has 8 heteroatoms. The molecule has 1 aliphatic rings. The molecular formula is C12H18N4O4. The third kappa shape index (κ3) is 3.32. The first kappa shape index (κ1) is 14.4. The average Bonchev–Trinajstić information content (AvgIpc) is 2.73. The fourth-order valence-electron chi connectivity index (χ4n) is 2.14. The molecule has 0 unspecified atom stereocenters. The van der Waals surface area contributed by atoms with Gasteiger partial charge in [0.05, 0.1) is 5.60 Å². The average molecular weight is 282 g/mol. The second-order valence-corrected chi connectivity index (χ2v) is 5.20. The van der Waals surface area contributed by atoms with Crippen molar-refractivity contribution in [2.75, 3.05) is 6.54 Å². The van der Waals surface area contributed by atoms with Crippen molar-refractivity contribution < 1.29 is 14.8 Å². The highest BCUT2D eigenvalue weighted by Gasteiger charge is 2.34. The zero-order valence-corrected chi connectivity index (χ0v) is 11.3. The van der Waals surface area contributed by atoms with Crippen molar-refractivity contribution in [2.45, 2.75) is 44.8 Å². The number of nitro groups is 1. The molecule has 20 heavy (non-hydrogen) atoms. The fraction of sp³-hybridized carbons (Fsp3) is 0.667. The Labute approximate surface area is 116 Å². The van der Waals surface area contributed by atoms with Gasteiger partial charge in [0.15, 0.2) is 0 Å². The minimum atomic E-state index is -0.737. The molecule has 2 N–H and O–H groups in total. The van der Waals surface area contributed by atoms with Gasteiger partial charge in [0, 0.05) is 26.4 Å². The molecule has 1 aromatic heterocycles. The van der Waals surface area contributed by atoms with Crippen molar-refractivity contribution in [3.05, 3.63) is 22.1 Å². The molecule has 0 bridgehead atoms. The molecule has 0 atom stereocenters. The number of hydrogen-bond acceptors (Lipinski definition) is 5. The lowest BCUT2D eigenvalue weighted by molar-refractivity contribution is -0.389. The number of rotatable bonds is 6. The first-order valence-corrected chi connectivity index (χ1v) is 6.57. The molecule has 110 valence electrons. The molecule has 0 aliphatic heterocycles. The minimum Gasteiger partial charge on any atom is -0.388 e. The number of carbonyl (C=O) groups excluding carboxylic acids is 1. The Morgan fingerprint density at radius 3 is 2.85 bits per heavy atom. The van der Waals surface area contributed by atoms with Gasteiger partial charge in [0.2, 0.25) is 11.7 Å². The molecule has 0 radical (unpaired) electrons. The van der Waals surface area contributed by atoms with E-state index in [1.807, 2.05) is 0 Å². The molecule has 0 saturated heterocycles. The summed E-state index contributed by atoms with van der Waals surface area (Å²) < 4.78 is 1.58. The van der Waals surface area contributed by atoms with Crippen molar-refractivity contribution in [1.82, 2.24) is 14.9 Å². The SMILES string of the molecule is Cc1nc([N+](=O)[O-])cn1CCC(=O)NCC1(O)CCC1. The van der Waals surface area contributed by atoms with Crippen molar-refractivity contribution in [3.8, 4) is 0 Å². The molecule has 0 aromatic carbocycles. The highest BCUT2D eigenvalue weighted by atomic mass is 16.6. The van der Waals surface area contributed by atoms with Gasteiger partial charge in [-0.15, -0.1) is 0 Å². The second kappa shape index (κ2) is 5.58. The van der Waals surface area contributed by atoms with Gasteiger partial charge < -0.3 is 25.1 Å². The smallest absolute Gasteiger partial charge is 0.381 e. The lowest BCUT2D eigenvalue weighted by Crippen LogP contribution is -2.47. The van der Waals surface area contributed by atoms with E-state index in [-0.39, 0.29) is 24.7 Å². The monoisotopic (exact) mass is 282 g/mol. The number of amides is 1. The van der Waals surface area contributed by atoms with Crippen LogP contribution in [0.2, 0.25) is 0 Å². The van der Waals surface area contributed by atoms with E-state index < -0.39 is 10.5 Å². The number of nitrogens with one attached hydrogen (secondary N) is 1. The third-order valence-electron chi connectivity index (χ3n) is 3.63. The van der Waals surface area contributed by atoms with E-state index in [1.54, 1.807) is 11.5 Å². The van der Waals surface area contributed by atoms with E-state index in [2.05, 4.69) is 10.3 Å². The zero-order valence-electron chi connectivity index (χ0n) is 11.3. The first-order valence-electron chi connectivity index (χ1n) is 6.57. The summed E-state index contributed by atoms with van der Waals surface area (Å²) in [6.07, 6.45) is 3.96. The Bertz CT molecular complexity index is 522. The number of carbonyl (C=O) groups is 1. The van der Waals surface area contributed by atoms with Gasteiger partial charge in [-0.2, -0.15) is 0 Å². The molecule has 1 aliphatic carbocycles. The van der Waals surface area contributed by atoms with E-state index >= 15 is 0 Å². The van der Waals surface area contributed by atoms with Crippen molar-refractivity contribution in [1.29, 1.82) is 0 Å². The first-order chi connectivity index (χ1) is 9.39. The molecule has 1 aromatic rings. The molecule has 1 saturated carbocycles. The van der Waals surface area contributed by atoms with Gasteiger partial charge in [-0.05, 0) is 29.2 Å². The van der Waals surface area contributed by atoms with Crippen LogP contribution in [0.1, 0.15) is 31.5 Å². The summed E-state index contributed by atoms with van der Waals surface area (Å²) >= 11 is 0.